The van der Waals surface area contributed by atoms with Crippen LogP contribution in [-0.2, 0) is 0 Å². The molecule has 0 unspecified atom stereocenters. The Morgan fingerprint density at radius 1 is 1.11 bits per heavy atom. The van der Waals surface area contributed by atoms with E-state index in [9.17, 15) is 0 Å². The maximum Gasteiger partial charge on any atom is 0.192 e. The molecular formula is C2H12ClN5Si. The highest BCUT2D eigenvalue weighted by atomic mass is 35.5. The predicted octanol–water partition coefficient (Wildman–Crippen LogP) is -2.67. The zero-order chi connectivity index (χ0) is 5.86. The lowest BCUT2D eigenvalue weighted by molar-refractivity contribution is 1.19. The van der Waals surface area contributed by atoms with Gasteiger partial charge >= 0.3 is 0 Å². The molecule has 0 atom stereocenters. The summed E-state index contributed by atoms with van der Waals surface area (Å²) in [6, 6.07) is 0. The number of hydrogen-bond donors (Lipinski definition) is 5. The summed E-state index contributed by atoms with van der Waals surface area (Å²) in [5, 5.41) is 15.0. The van der Waals surface area contributed by atoms with Gasteiger partial charge in [0.15, 0.2) is 11.9 Å². The molecule has 0 saturated carbocycles. The number of nitrogens with two attached hydrogens (primary N) is 2. The van der Waals surface area contributed by atoms with Gasteiger partial charge in [0, 0.05) is 0 Å². The minimum Gasteiger partial charge on any atom is -0.370 e. The van der Waals surface area contributed by atoms with Crippen LogP contribution < -0.4 is 16.8 Å². The first-order valence-electron chi connectivity index (χ1n) is 1.58. The molecular weight excluding hydrogens is 158 g/mol. The highest BCUT2D eigenvalue weighted by Crippen LogP contribution is 1.44. The van der Waals surface area contributed by atoms with Crippen LogP contribution in [0.15, 0.2) is 0 Å². The molecule has 0 aromatic carbocycles. The van der Waals surface area contributed by atoms with Gasteiger partial charge in [-0.15, -0.1) is 12.4 Å². The van der Waals surface area contributed by atoms with Gasteiger partial charge in [-0.3, -0.25) is 16.1 Å². The minimum atomic E-state index is -0.312. The zero-order valence-corrected chi connectivity index (χ0v) is 4.88. The maximum atomic E-state index is 6.47. The van der Waals surface area contributed by atoms with Crippen molar-refractivity contribution in [3.63, 3.8) is 0 Å². The molecule has 0 bridgehead atoms. The van der Waals surface area contributed by atoms with Crippen LogP contribution in [0.5, 0.6) is 0 Å². The highest BCUT2D eigenvalue weighted by Gasteiger charge is 1.83. The normalized spacial score (nSPS) is 5.78. The molecule has 0 saturated heterocycles. The first-order valence-corrected chi connectivity index (χ1v) is 1.58. The van der Waals surface area contributed by atoms with Crippen molar-refractivity contribution in [1.29, 1.82) is 10.8 Å². The average Bonchev–Trinajstić information content (AvgIpc) is 1.27. The Balaban J connectivity index is -0.000000180. The average molecular weight is 170 g/mol. The van der Waals surface area contributed by atoms with Gasteiger partial charge in [-0.2, -0.15) is 0 Å². The van der Waals surface area contributed by atoms with Crippen LogP contribution in [0.1, 0.15) is 0 Å². The van der Waals surface area contributed by atoms with E-state index < -0.39 is 0 Å². The van der Waals surface area contributed by atoms with E-state index in [1.54, 1.807) is 0 Å². The second-order valence-electron chi connectivity index (χ2n) is 0.952. The maximum absolute atomic E-state index is 6.47. The van der Waals surface area contributed by atoms with Gasteiger partial charge in [0.1, 0.15) is 0 Å². The van der Waals surface area contributed by atoms with E-state index in [1.165, 1.54) is 0 Å². The van der Waals surface area contributed by atoms with Gasteiger partial charge in [0.2, 0.25) is 0 Å². The Labute approximate surface area is 63.6 Å². The Hall–Kier alpha value is -0.753. The standard InChI is InChI=1S/C2H7N5.ClH.H4Si/c3-1(4)7-2(5)6;;/h(H7,3,4,5,6,7);1H;1H4. The van der Waals surface area contributed by atoms with Crippen molar-refractivity contribution in [1.82, 2.24) is 5.32 Å². The Kier molecular flexibility index (Phi) is 12.7. The van der Waals surface area contributed by atoms with Crippen LogP contribution >= 0.6 is 12.4 Å². The van der Waals surface area contributed by atoms with Crippen LogP contribution in [0.2, 0.25) is 0 Å². The molecule has 5 nitrogen and oxygen atoms in total. The van der Waals surface area contributed by atoms with E-state index >= 15 is 0 Å². The third kappa shape index (κ3) is 18.9. The van der Waals surface area contributed by atoms with E-state index in [1.807, 2.05) is 5.32 Å². The van der Waals surface area contributed by atoms with Gasteiger partial charge < -0.3 is 11.5 Å². The number of nitrogens with one attached hydrogen (secondary N) is 3. The molecule has 0 aliphatic carbocycles. The Morgan fingerprint density at radius 3 is 1.33 bits per heavy atom. The molecule has 0 spiro atoms. The lowest BCUT2D eigenvalue weighted by Crippen LogP contribution is -2.39. The van der Waals surface area contributed by atoms with Gasteiger partial charge in [-0.05, 0) is 11.0 Å². The van der Waals surface area contributed by atoms with Crippen molar-refractivity contribution in [2.24, 2.45) is 11.5 Å². The molecule has 9 heavy (non-hydrogen) atoms. The SMILES string of the molecule is Cl.N=C(N)NC(=N)N.[SiH4]. The number of guanidine groups is 2. The lowest BCUT2D eigenvalue weighted by Gasteiger charge is -1.95. The third-order valence-corrected chi connectivity index (χ3v) is 0.269. The van der Waals surface area contributed by atoms with E-state index in [2.05, 4.69) is 0 Å². The van der Waals surface area contributed by atoms with E-state index in [0.717, 1.165) is 0 Å². The van der Waals surface area contributed by atoms with Crippen LogP contribution in [0.25, 0.3) is 0 Å². The monoisotopic (exact) mass is 169 g/mol. The molecule has 0 heterocycles. The Bertz CT molecular complexity index is 91.1. The summed E-state index contributed by atoms with van der Waals surface area (Å²) in [6.07, 6.45) is 0. The van der Waals surface area contributed by atoms with Crippen molar-refractivity contribution < 1.29 is 0 Å². The van der Waals surface area contributed by atoms with Crippen molar-refractivity contribution in [3.8, 4) is 0 Å². The fourth-order valence-electron chi connectivity index (χ4n) is 0.145. The number of rotatable bonds is 0. The summed E-state index contributed by atoms with van der Waals surface area (Å²) in [5.74, 6) is -0.625. The second kappa shape index (κ2) is 7.25. The summed E-state index contributed by atoms with van der Waals surface area (Å²) in [6.45, 7) is 0. The summed E-state index contributed by atoms with van der Waals surface area (Å²) >= 11 is 0. The number of hydrogen-bond acceptors (Lipinski definition) is 2. The fraction of sp³-hybridized carbons (Fsp3) is 0. The first-order chi connectivity index (χ1) is 3.13. The van der Waals surface area contributed by atoms with E-state index in [4.69, 9.17) is 22.3 Å². The molecule has 0 aliphatic rings. The predicted molar refractivity (Wildman–Crippen MR) is 45.5 cm³/mol. The summed E-state index contributed by atoms with van der Waals surface area (Å²) in [7, 11) is 0. The summed E-state index contributed by atoms with van der Waals surface area (Å²) < 4.78 is 0. The first kappa shape index (κ1) is 15.7. The third-order valence-electron chi connectivity index (χ3n) is 0.269. The van der Waals surface area contributed by atoms with Crippen LogP contribution in [0.3, 0.4) is 0 Å². The second-order valence-corrected chi connectivity index (χ2v) is 0.952. The summed E-state index contributed by atoms with van der Waals surface area (Å²) in [5.41, 5.74) is 9.49. The summed E-state index contributed by atoms with van der Waals surface area (Å²) in [4.78, 5) is 0. The fourth-order valence-corrected chi connectivity index (χ4v) is 0.145. The van der Waals surface area contributed by atoms with Gasteiger partial charge in [0.25, 0.3) is 0 Å². The Morgan fingerprint density at radius 2 is 1.33 bits per heavy atom. The quantitative estimate of drug-likeness (QED) is 0.155. The molecule has 56 valence electrons. The van der Waals surface area contributed by atoms with E-state index in [0.29, 0.717) is 0 Å². The van der Waals surface area contributed by atoms with Crippen LogP contribution in [-0.4, -0.2) is 22.9 Å². The molecule has 0 fully saturated rings. The minimum absolute atomic E-state index is 0. The largest absolute Gasteiger partial charge is 0.370 e. The smallest absolute Gasteiger partial charge is 0.192 e. The molecule has 0 aromatic rings. The molecule has 7 N–H and O–H groups in total. The number of halogens is 1. The highest BCUT2D eigenvalue weighted by molar-refractivity contribution is 5.93. The van der Waals surface area contributed by atoms with Crippen LogP contribution in [0.4, 0.5) is 0 Å². The van der Waals surface area contributed by atoms with Crippen molar-refractivity contribution >= 4 is 35.3 Å². The van der Waals surface area contributed by atoms with Crippen molar-refractivity contribution in [3.05, 3.63) is 0 Å². The van der Waals surface area contributed by atoms with Crippen LogP contribution in [0, 0.1) is 10.8 Å². The van der Waals surface area contributed by atoms with Gasteiger partial charge in [-0.25, -0.2) is 0 Å². The topological polar surface area (TPSA) is 112 Å². The van der Waals surface area contributed by atoms with Gasteiger partial charge in [0.05, 0.1) is 0 Å². The molecule has 7 heteroatoms. The molecule has 0 amide bonds. The molecule has 0 rings (SSSR count). The van der Waals surface area contributed by atoms with E-state index in [-0.39, 0.29) is 35.3 Å². The zero-order valence-electron chi connectivity index (χ0n) is 4.06. The molecule has 0 aromatic heterocycles. The van der Waals surface area contributed by atoms with Crippen molar-refractivity contribution in [2.75, 3.05) is 0 Å². The molecule has 0 aliphatic heterocycles. The van der Waals surface area contributed by atoms with Gasteiger partial charge in [-0.1, -0.05) is 0 Å². The lowest BCUT2D eigenvalue weighted by atomic mass is 10.9. The van der Waals surface area contributed by atoms with Crippen molar-refractivity contribution in [2.45, 2.75) is 0 Å². The molecule has 0 radical (unpaired) electrons.